The second kappa shape index (κ2) is 4.98. The van der Waals surface area contributed by atoms with E-state index in [1.807, 2.05) is 25.1 Å². The first kappa shape index (κ1) is 12.9. The molecule has 0 heterocycles. The number of oxime groups is 1. The Morgan fingerprint density at radius 2 is 2.17 bits per heavy atom. The summed E-state index contributed by atoms with van der Waals surface area (Å²) in [6.07, 6.45) is 2.29. The van der Waals surface area contributed by atoms with E-state index >= 15 is 0 Å². The summed E-state index contributed by atoms with van der Waals surface area (Å²) in [6.45, 7) is 3.97. The van der Waals surface area contributed by atoms with Crippen molar-refractivity contribution in [2.75, 3.05) is 6.61 Å². The lowest BCUT2D eigenvalue weighted by molar-refractivity contribution is 0.00845. The fraction of sp³-hybridized carbons (Fsp3) is 0.500. The smallest absolute Gasteiger partial charge is 0.119 e. The van der Waals surface area contributed by atoms with Crippen LogP contribution in [0.4, 0.5) is 0 Å². The molecule has 1 atom stereocenters. The molecule has 0 saturated carbocycles. The van der Waals surface area contributed by atoms with Crippen molar-refractivity contribution < 1.29 is 15.1 Å². The van der Waals surface area contributed by atoms with E-state index in [1.165, 1.54) is 0 Å². The summed E-state index contributed by atoms with van der Waals surface area (Å²) in [5.74, 6) is 0.752. The summed E-state index contributed by atoms with van der Waals surface area (Å²) in [5, 5.41) is 22.0. The molecule has 1 unspecified atom stereocenters. The highest BCUT2D eigenvalue weighted by atomic mass is 16.5. The van der Waals surface area contributed by atoms with Crippen molar-refractivity contribution in [3.05, 3.63) is 29.3 Å². The zero-order valence-corrected chi connectivity index (χ0v) is 10.8. The maximum Gasteiger partial charge on any atom is 0.119 e. The lowest BCUT2D eigenvalue weighted by Gasteiger charge is -2.21. The summed E-state index contributed by atoms with van der Waals surface area (Å²) < 4.78 is 5.60. The Morgan fingerprint density at radius 3 is 2.83 bits per heavy atom. The molecule has 0 spiro atoms. The highest BCUT2D eigenvalue weighted by Gasteiger charge is 2.21. The molecular formula is C14H19NO3. The van der Waals surface area contributed by atoms with Crippen molar-refractivity contribution >= 4 is 5.71 Å². The first-order chi connectivity index (χ1) is 8.55. The van der Waals surface area contributed by atoms with Crippen LogP contribution in [0.3, 0.4) is 0 Å². The minimum absolute atomic E-state index is 0.281. The molecule has 1 aliphatic rings. The molecule has 0 radical (unpaired) electrons. The molecule has 4 heteroatoms. The summed E-state index contributed by atoms with van der Waals surface area (Å²) >= 11 is 0. The van der Waals surface area contributed by atoms with Gasteiger partial charge in [0.05, 0.1) is 11.3 Å². The Bertz CT molecular complexity index is 466. The quantitative estimate of drug-likeness (QED) is 0.636. The van der Waals surface area contributed by atoms with Gasteiger partial charge >= 0.3 is 0 Å². The van der Waals surface area contributed by atoms with Gasteiger partial charge in [0.2, 0.25) is 0 Å². The molecule has 1 aromatic carbocycles. The summed E-state index contributed by atoms with van der Waals surface area (Å²) in [7, 11) is 0. The van der Waals surface area contributed by atoms with Gasteiger partial charge in [0, 0.05) is 5.56 Å². The molecule has 0 aromatic heterocycles. The molecule has 0 fully saturated rings. The van der Waals surface area contributed by atoms with Gasteiger partial charge in [0.25, 0.3) is 0 Å². The molecule has 2 rings (SSSR count). The monoisotopic (exact) mass is 249 g/mol. The topological polar surface area (TPSA) is 62.0 Å². The molecule has 0 bridgehead atoms. The largest absolute Gasteiger partial charge is 0.491 e. The number of ether oxygens (including phenoxy) is 1. The highest BCUT2D eigenvalue weighted by Crippen LogP contribution is 2.27. The minimum Gasteiger partial charge on any atom is -0.491 e. The second-order valence-corrected chi connectivity index (χ2v) is 5.00. The Balaban J connectivity index is 2.09. The minimum atomic E-state index is -0.795. The van der Waals surface area contributed by atoms with Gasteiger partial charge in [-0.25, -0.2) is 0 Å². The van der Waals surface area contributed by atoms with Gasteiger partial charge in [-0.05, 0) is 49.9 Å². The van der Waals surface area contributed by atoms with Crippen molar-refractivity contribution in [3.63, 3.8) is 0 Å². The van der Waals surface area contributed by atoms with Crippen molar-refractivity contribution in [3.8, 4) is 5.75 Å². The van der Waals surface area contributed by atoms with Gasteiger partial charge in [-0.15, -0.1) is 0 Å². The Kier molecular flexibility index (Phi) is 3.57. The van der Waals surface area contributed by atoms with Crippen molar-refractivity contribution in [2.24, 2.45) is 5.16 Å². The Morgan fingerprint density at radius 1 is 1.39 bits per heavy atom. The average molecular weight is 249 g/mol. The third-order valence-corrected chi connectivity index (χ3v) is 3.45. The molecule has 1 aliphatic carbocycles. The molecule has 0 saturated heterocycles. The van der Waals surface area contributed by atoms with E-state index in [9.17, 15) is 5.11 Å². The van der Waals surface area contributed by atoms with E-state index in [2.05, 4.69) is 5.16 Å². The second-order valence-electron chi connectivity index (χ2n) is 5.00. The highest BCUT2D eigenvalue weighted by molar-refractivity contribution is 6.04. The van der Waals surface area contributed by atoms with Crippen molar-refractivity contribution in [1.29, 1.82) is 0 Å². The van der Waals surface area contributed by atoms with E-state index in [1.54, 1.807) is 6.92 Å². The number of hydrogen-bond donors (Lipinski definition) is 2. The average Bonchev–Trinajstić information content (AvgIpc) is 2.78. The zero-order valence-electron chi connectivity index (χ0n) is 10.8. The summed E-state index contributed by atoms with van der Waals surface area (Å²) in [5.41, 5.74) is 2.07. The van der Waals surface area contributed by atoms with Gasteiger partial charge < -0.3 is 15.1 Å². The number of aliphatic hydroxyl groups is 1. The van der Waals surface area contributed by atoms with Gasteiger partial charge in [-0.1, -0.05) is 12.1 Å². The van der Waals surface area contributed by atoms with Crippen LogP contribution in [-0.2, 0) is 6.42 Å². The summed E-state index contributed by atoms with van der Waals surface area (Å²) in [6, 6.07) is 5.72. The Labute approximate surface area is 107 Å². The molecule has 4 nitrogen and oxygen atoms in total. The van der Waals surface area contributed by atoms with Crippen LogP contribution in [0, 0.1) is 0 Å². The normalized spacial score (nSPS) is 19.6. The number of benzene rings is 1. The zero-order chi connectivity index (χ0) is 13.2. The van der Waals surface area contributed by atoms with Crippen LogP contribution in [0.2, 0.25) is 0 Å². The molecule has 2 N–H and O–H groups in total. The van der Waals surface area contributed by atoms with Gasteiger partial charge in [-0.3, -0.25) is 0 Å². The molecule has 98 valence electrons. The lowest BCUT2D eigenvalue weighted by atomic mass is 10.1. The molecule has 18 heavy (non-hydrogen) atoms. The van der Waals surface area contributed by atoms with E-state index in [0.29, 0.717) is 6.42 Å². The fourth-order valence-corrected chi connectivity index (χ4v) is 1.98. The third kappa shape index (κ3) is 2.64. The van der Waals surface area contributed by atoms with Gasteiger partial charge in [-0.2, -0.15) is 0 Å². The summed E-state index contributed by atoms with van der Waals surface area (Å²) in [4.78, 5) is 0. The van der Waals surface area contributed by atoms with Crippen LogP contribution in [0.25, 0.3) is 0 Å². The van der Waals surface area contributed by atoms with Gasteiger partial charge in [0.1, 0.15) is 12.4 Å². The SMILES string of the molecule is CCC(C)(O)COc1ccc2c(c1)CC/C2=N\O. The van der Waals surface area contributed by atoms with Crippen LogP contribution >= 0.6 is 0 Å². The maximum absolute atomic E-state index is 9.88. The van der Waals surface area contributed by atoms with Crippen LogP contribution in [0.1, 0.15) is 37.8 Å². The molecule has 0 amide bonds. The number of rotatable bonds is 4. The molecule has 1 aromatic rings. The van der Waals surface area contributed by atoms with Crippen LogP contribution in [-0.4, -0.2) is 28.2 Å². The van der Waals surface area contributed by atoms with Crippen molar-refractivity contribution in [1.82, 2.24) is 0 Å². The first-order valence-electron chi connectivity index (χ1n) is 6.25. The van der Waals surface area contributed by atoms with Crippen LogP contribution < -0.4 is 4.74 Å². The lowest BCUT2D eigenvalue weighted by Crippen LogP contribution is -2.31. The van der Waals surface area contributed by atoms with Crippen molar-refractivity contribution in [2.45, 2.75) is 38.7 Å². The van der Waals surface area contributed by atoms with E-state index in [0.717, 1.165) is 35.4 Å². The van der Waals surface area contributed by atoms with Crippen LogP contribution in [0.15, 0.2) is 23.4 Å². The van der Waals surface area contributed by atoms with E-state index in [4.69, 9.17) is 9.94 Å². The molecule has 0 aliphatic heterocycles. The van der Waals surface area contributed by atoms with E-state index < -0.39 is 5.60 Å². The number of fused-ring (bicyclic) bond motifs is 1. The number of hydrogen-bond acceptors (Lipinski definition) is 4. The first-order valence-corrected chi connectivity index (χ1v) is 6.25. The van der Waals surface area contributed by atoms with Gasteiger partial charge in [0.15, 0.2) is 0 Å². The number of nitrogens with zero attached hydrogens (tertiary/aromatic N) is 1. The fourth-order valence-electron chi connectivity index (χ4n) is 1.98. The predicted molar refractivity (Wildman–Crippen MR) is 69.5 cm³/mol. The standard InChI is InChI=1S/C14H19NO3/c1-3-14(2,16)9-18-11-5-6-12-10(8-11)4-7-13(12)15-17/h5-6,8,16-17H,3-4,7,9H2,1-2H3/b15-13+. The maximum atomic E-state index is 9.88. The van der Waals surface area contributed by atoms with Crippen LogP contribution in [0.5, 0.6) is 5.75 Å². The molecular weight excluding hydrogens is 230 g/mol. The third-order valence-electron chi connectivity index (χ3n) is 3.45. The number of aryl methyl sites for hydroxylation is 1. The Hall–Kier alpha value is -1.55. The van der Waals surface area contributed by atoms with E-state index in [-0.39, 0.29) is 6.61 Å². The predicted octanol–water partition coefficient (Wildman–Crippen LogP) is 2.35.